The van der Waals surface area contributed by atoms with Gasteiger partial charge in [0.1, 0.15) is 0 Å². The number of benzene rings is 1. The van der Waals surface area contributed by atoms with Gasteiger partial charge in [0, 0.05) is 16.4 Å². The number of carboxylic acids is 2. The van der Waals surface area contributed by atoms with Crippen molar-refractivity contribution in [1.29, 1.82) is 0 Å². The van der Waals surface area contributed by atoms with Gasteiger partial charge in [-0.25, -0.2) is 0 Å². The molecule has 0 atom stereocenters. The lowest BCUT2D eigenvalue weighted by atomic mass is 9.96. The van der Waals surface area contributed by atoms with Crippen LogP contribution in [0.25, 0.3) is 0 Å². The van der Waals surface area contributed by atoms with Gasteiger partial charge >= 0.3 is 11.9 Å². The lowest BCUT2D eigenvalue weighted by Crippen LogP contribution is -1.97. The standard InChI is InChI=1S/C26H41IO4/c27-24-20-19-22(15-11-7-3-1-5-9-13-17-25(28)29)23(21-24)16-12-8-4-2-6-10-14-18-26(30)31/h19-21H,1-18H2,(H,28,29)(H,30,31). The maximum Gasteiger partial charge on any atom is 0.303 e. The summed E-state index contributed by atoms with van der Waals surface area (Å²) >= 11 is 2.41. The fourth-order valence-corrected chi connectivity index (χ4v) is 4.58. The van der Waals surface area contributed by atoms with E-state index in [9.17, 15) is 9.59 Å². The minimum atomic E-state index is -0.679. The molecule has 0 amide bonds. The molecule has 1 rings (SSSR count). The predicted octanol–water partition coefficient (Wildman–Crippen LogP) is 7.79. The van der Waals surface area contributed by atoms with Gasteiger partial charge in [0.05, 0.1) is 0 Å². The molecule has 0 unspecified atom stereocenters. The Hall–Kier alpha value is -1.11. The quantitative estimate of drug-likeness (QED) is 0.130. The maximum absolute atomic E-state index is 10.5. The van der Waals surface area contributed by atoms with E-state index in [0.717, 1.165) is 51.4 Å². The van der Waals surface area contributed by atoms with Crippen LogP contribution in [0.5, 0.6) is 0 Å². The summed E-state index contributed by atoms with van der Waals surface area (Å²) in [5.74, 6) is -1.36. The van der Waals surface area contributed by atoms with Crippen LogP contribution >= 0.6 is 22.6 Å². The molecule has 31 heavy (non-hydrogen) atoms. The maximum atomic E-state index is 10.5. The molecular weight excluding hydrogens is 503 g/mol. The van der Waals surface area contributed by atoms with E-state index < -0.39 is 11.9 Å². The zero-order chi connectivity index (χ0) is 22.7. The molecule has 1 aromatic rings. The number of carboxylic acid groups (broad SMARTS) is 2. The second-order valence-electron chi connectivity index (χ2n) is 8.65. The number of hydrogen-bond donors (Lipinski definition) is 2. The highest BCUT2D eigenvalue weighted by atomic mass is 127. The fourth-order valence-electron chi connectivity index (χ4n) is 4.02. The van der Waals surface area contributed by atoms with Crippen LogP contribution < -0.4 is 0 Å². The van der Waals surface area contributed by atoms with Crippen LogP contribution in [-0.2, 0) is 22.4 Å². The summed E-state index contributed by atoms with van der Waals surface area (Å²) in [5, 5.41) is 17.3. The van der Waals surface area contributed by atoms with E-state index in [1.54, 1.807) is 0 Å². The Kier molecular flexibility index (Phi) is 16.6. The molecule has 0 aliphatic carbocycles. The first-order chi connectivity index (χ1) is 15.0. The van der Waals surface area contributed by atoms with E-state index in [1.165, 1.54) is 66.1 Å². The molecule has 0 heterocycles. The second-order valence-corrected chi connectivity index (χ2v) is 9.90. The zero-order valence-electron chi connectivity index (χ0n) is 19.0. The van der Waals surface area contributed by atoms with Gasteiger partial charge in [-0.2, -0.15) is 0 Å². The first kappa shape index (κ1) is 27.9. The Labute approximate surface area is 202 Å². The minimum Gasteiger partial charge on any atom is -0.481 e. The van der Waals surface area contributed by atoms with Gasteiger partial charge in [0.15, 0.2) is 0 Å². The zero-order valence-corrected chi connectivity index (χ0v) is 21.2. The highest BCUT2D eigenvalue weighted by molar-refractivity contribution is 14.1. The number of carbonyl (C=O) groups is 2. The van der Waals surface area contributed by atoms with Crippen molar-refractivity contribution in [3.8, 4) is 0 Å². The summed E-state index contributed by atoms with van der Waals surface area (Å²) in [5.41, 5.74) is 3.03. The number of rotatable bonds is 20. The van der Waals surface area contributed by atoms with Crippen molar-refractivity contribution in [2.75, 3.05) is 0 Å². The molecular formula is C26H41IO4. The van der Waals surface area contributed by atoms with E-state index in [4.69, 9.17) is 10.2 Å². The summed E-state index contributed by atoms with van der Waals surface area (Å²) in [7, 11) is 0. The lowest BCUT2D eigenvalue weighted by Gasteiger charge is -2.11. The molecule has 0 aliphatic rings. The van der Waals surface area contributed by atoms with Crippen LogP contribution in [0.4, 0.5) is 0 Å². The average molecular weight is 545 g/mol. The summed E-state index contributed by atoms with van der Waals surface area (Å²) in [6.07, 6.45) is 18.9. The van der Waals surface area contributed by atoms with E-state index in [0.29, 0.717) is 12.8 Å². The predicted molar refractivity (Wildman–Crippen MR) is 136 cm³/mol. The minimum absolute atomic E-state index is 0.308. The van der Waals surface area contributed by atoms with Gasteiger partial charge in [0.25, 0.3) is 0 Å². The van der Waals surface area contributed by atoms with Gasteiger partial charge in [-0.1, -0.05) is 70.3 Å². The van der Waals surface area contributed by atoms with Gasteiger partial charge in [-0.15, -0.1) is 0 Å². The SMILES string of the molecule is O=C(O)CCCCCCCCCc1ccc(I)cc1CCCCCCCCCC(=O)O. The second kappa shape index (κ2) is 18.5. The van der Waals surface area contributed by atoms with E-state index in [2.05, 4.69) is 40.8 Å². The molecule has 0 bridgehead atoms. The van der Waals surface area contributed by atoms with Crippen molar-refractivity contribution in [3.05, 3.63) is 32.9 Å². The van der Waals surface area contributed by atoms with Gasteiger partial charge in [-0.3, -0.25) is 9.59 Å². The number of aliphatic carboxylic acids is 2. The van der Waals surface area contributed by atoms with Crippen LogP contribution in [0.3, 0.4) is 0 Å². The molecule has 0 saturated carbocycles. The topological polar surface area (TPSA) is 74.6 Å². The normalized spacial score (nSPS) is 11.0. The smallest absolute Gasteiger partial charge is 0.303 e. The molecule has 0 spiro atoms. The van der Waals surface area contributed by atoms with Crippen LogP contribution in [-0.4, -0.2) is 22.2 Å². The van der Waals surface area contributed by atoms with Crippen molar-refractivity contribution in [3.63, 3.8) is 0 Å². The Bertz CT molecular complexity index is 630. The molecule has 4 nitrogen and oxygen atoms in total. The molecule has 0 aliphatic heterocycles. The first-order valence-electron chi connectivity index (χ1n) is 12.2. The molecule has 5 heteroatoms. The van der Waals surface area contributed by atoms with Crippen molar-refractivity contribution in [2.24, 2.45) is 0 Å². The molecule has 1 aromatic carbocycles. The molecule has 176 valence electrons. The Morgan fingerprint density at radius 1 is 0.581 bits per heavy atom. The number of hydrogen-bond acceptors (Lipinski definition) is 2. The van der Waals surface area contributed by atoms with E-state index in [-0.39, 0.29) is 0 Å². The molecule has 0 fully saturated rings. The Balaban J connectivity index is 2.14. The van der Waals surface area contributed by atoms with Crippen molar-refractivity contribution >= 4 is 34.5 Å². The van der Waals surface area contributed by atoms with E-state index >= 15 is 0 Å². The number of aryl methyl sites for hydroxylation is 2. The van der Waals surface area contributed by atoms with E-state index in [1.807, 2.05) is 0 Å². The highest BCUT2D eigenvalue weighted by Crippen LogP contribution is 2.20. The van der Waals surface area contributed by atoms with Crippen molar-refractivity contribution in [2.45, 2.75) is 116 Å². The van der Waals surface area contributed by atoms with Gasteiger partial charge < -0.3 is 10.2 Å². The summed E-state index contributed by atoms with van der Waals surface area (Å²) in [4.78, 5) is 21.0. The summed E-state index contributed by atoms with van der Waals surface area (Å²) < 4.78 is 1.32. The third-order valence-corrected chi connectivity index (χ3v) is 6.51. The lowest BCUT2D eigenvalue weighted by molar-refractivity contribution is -0.138. The summed E-state index contributed by atoms with van der Waals surface area (Å²) in [6, 6.07) is 6.88. The largest absolute Gasteiger partial charge is 0.481 e. The fraction of sp³-hybridized carbons (Fsp3) is 0.692. The van der Waals surface area contributed by atoms with Gasteiger partial charge in [-0.05, 0) is 84.4 Å². The highest BCUT2D eigenvalue weighted by Gasteiger charge is 2.05. The Morgan fingerprint density at radius 3 is 1.42 bits per heavy atom. The van der Waals surface area contributed by atoms with Crippen LogP contribution in [0.1, 0.15) is 114 Å². The van der Waals surface area contributed by atoms with Crippen LogP contribution in [0.2, 0.25) is 0 Å². The van der Waals surface area contributed by atoms with Crippen LogP contribution in [0, 0.1) is 3.57 Å². The monoisotopic (exact) mass is 544 g/mol. The average Bonchev–Trinajstić information content (AvgIpc) is 2.72. The van der Waals surface area contributed by atoms with Crippen molar-refractivity contribution < 1.29 is 19.8 Å². The number of unbranched alkanes of at least 4 members (excludes halogenated alkanes) is 12. The van der Waals surface area contributed by atoms with Gasteiger partial charge in [0.2, 0.25) is 0 Å². The number of halogens is 1. The van der Waals surface area contributed by atoms with Crippen LogP contribution in [0.15, 0.2) is 18.2 Å². The third kappa shape index (κ3) is 16.2. The first-order valence-corrected chi connectivity index (χ1v) is 13.3. The molecule has 0 radical (unpaired) electrons. The third-order valence-electron chi connectivity index (χ3n) is 5.84. The summed E-state index contributed by atoms with van der Waals surface area (Å²) in [6.45, 7) is 0. The Morgan fingerprint density at radius 2 is 0.968 bits per heavy atom. The van der Waals surface area contributed by atoms with Crippen molar-refractivity contribution in [1.82, 2.24) is 0 Å². The molecule has 0 saturated heterocycles. The molecule has 2 N–H and O–H groups in total. The molecule has 0 aromatic heterocycles.